The summed E-state index contributed by atoms with van der Waals surface area (Å²) in [6, 6.07) is 19.3. The number of rotatable bonds is 5. The van der Waals surface area contributed by atoms with Crippen LogP contribution in [0, 0.1) is 0 Å². The number of nitrogens with zero attached hydrogens (tertiary/aromatic N) is 1. The molecule has 0 unspecified atom stereocenters. The molecule has 1 fully saturated rings. The Kier molecular flexibility index (Phi) is 5.84. The Hall–Kier alpha value is -2.17. The lowest BCUT2D eigenvalue weighted by Crippen LogP contribution is -2.50. The van der Waals surface area contributed by atoms with Crippen LogP contribution in [-0.4, -0.2) is 41.7 Å². The summed E-state index contributed by atoms with van der Waals surface area (Å²) in [4.78, 5) is 14.9. The van der Waals surface area contributed by atoms with E-state index in [1.165, 1.54) is 0 Å². The average Bonchev–Trinajstić information content (AvgIpc) is 2.68. The van der Waals surface area contributed by atoms with E-state index in [0.29, 0.717) is 26.2 Å². The monoisotopic (exact) mass is 339 g/mol. The van der Waals surface area contributed by atoms with Crippen molar-refractivity contribution in [3.8, 4) is 0 Å². The largest absolute Gasteiger partial charge is 0.388 e. The Labute approximate surface area is 149 Å². The van der Waals surface area contributed by atoms with Crippen LogP contribution in [0.15, 0.2) is 60.7 Å². The molecule has 1 aliphatic heterocycles. The lowest BCUT2D eigenvalue weighted by atomic mass is 9.96. The summed E-state index contributed by atoms with van der Waals surface area (Å²) in [5.41, 5.74) is 1.89. The fraction of sp³-hybridized carbons (Fsp3) is 0.381. The molecule has 3 atom stereocenters. The van der Waals surface area contributed by atoms with E-state index in [9.17, 15) is 9.90 Å². The Morgan fingerprint density at radius 1 is 1.12 bits per heavy atom. The van der Waals surface area contributed by atoms with E-state index in [1.807, 2.05) is 72.5 Å². The molecule has 4 nitrogen and oxygen atoms in total. The van der Waals surface area contributed by atoms with Gasteiger partial charge >= 0.3 is 0 Å². The van der Waals surface area contributed by atoms with Crippen molar-refractivity contribution < 1.29 is 14.6 Å². The maximum Gasteiger partial charge on any atom is 0.230 e. The van der Waals surface area contributed by atoms with E-state index >= 15 is 0 Å². The minimum atomic E-state index is -0.602. The Morgan fingerprint density at radius 2 is 1.72 bits per heavy atom. The van der Waals surface area contributed by atoms with Crippen LogP contribution in [0.1, 0.15) is 36.5 Å². The number of benzene rings is 2. The van der Waals surface area contributed by atoms with Crippen LogP contribution in [0.5, 0.6) is 0 Å². The van der Waals surface area contributed by atoms with Crippen molar-refractivity contribution in [2.45, 2.75) is 31.4 Å². The summed E-state index contributed by atoms with van der Waals surface area (Å²) in [5.74, 6) is -0.101. The molecule has 132 valence electrons. The second kappa shape index (κ2) is 8.28. The van der Waals surface area contributed by atoms with E-state index in [2.05, 4.69) is 0 Å². The molecule has 2 aromatic rings. The van der Waals surface area contributed by atoms with Crippen LogP contribution in [0.25, 0.3) is 0 Å². The van der Waals surface area contributed by atoms with Crippen molar-refractivity contribution in [2.24, 2.45) is 0 Å². The molecule has 1 saturated heterocycles. The molecular weight excluding hydrogens is 314 g/mol. The minimum Gasteiger partial charge on any atom is -0.388 e. The number of carbonyl (C=O) groups excluding carboxylic acids is 1. The number of carbonyl (C=O) groups is 1. The Morgan fingerprint density at radius 3 is 2.36 bits per heavy atom. The van der Waals surface area contributed by atoms with Gasteiger partial charge in [-0.15, -0.1) is 0 Å². The molecule has 1 heterocycles. The molecular formula is C21H25NO3. The second-order valence-electron chi connectivity index (χ2n) is 6.55. The number of hydrogen-bond acceptors (Lipinski definition) is 3. The van der Waals surface area contributed by atoms with Crippen molar-refractivity contribution in [1.29, 1.82) is 0 Å². The van der Waals surface area contributed by atoms with Gasteiger partial charge in [-0.2, -0.15) is 0 Å². The molecule has 1 N–H and O–H groups in total. The summed E-state index contributed by atoms with van der Waals surface area (Å²) < 4.78 is 5.58. The summed E-state index contributed by atoms with van der Waals surface area (Å²) in [7, 11) is 0. The molecule has 4 heteroatoms. The summed E-state index contributed by atoms with van der Waals surface area (Å²) in [6.45, 7) is 3.53. The molecule has 2 aromatic carbocycles. The van der Waals surface area contributed by atoms with Crippen LogP contribution < -0.4 is 0 Å². The normalized spacial score (nSPS) is 20.1. The Balaban J connectivity index is 1.71. The summed E-state index contributed by atoms with van der Waals surface area (Å²) in [5, 5.41) is 10.5. The maximum atomic E-state index is 13.0. The van der Waals surface area contributed by atoms with Gasteiger partial charge < -0.3 is 14.7 Å². The zero-order valence-corrected chi connectivity index (χ0v) is 14.5. The fourth-order valence-electron chi connectivity index (χ4n) is 3.34. The van der Waals surface area contributed by atoms with Crippen LogP contribution in [0.3, 0.4) is 0 Å². The highest BCUT2D eigenvalue weighted by Crippen LogP contribution is 2.26. The number of ether oxygens (including phenoxy) is 1. The van der Waals surface area contributed by atoms with Gasteiger partial charge in [-0.1, -0.05) is 60.7 Å². The quantitative estimate of drug-likeness (QED) is 0.910. The summed E-state index contributed by atoms with van der Waals surface area (Å²) in [6.07, 6.45) is -0.118. The van der Waals surface area contributed by atoms with Gasteiger partial charge in [0.15, 0.2) is 0 Å². The number of amides is 1. The fourth-order valence-corrected chi connectivity index (χ4v) is 3.34. The van der Waals surface area contributed by atoms with Gasteiger partial charge in [0.2, 0.25) is 5.91 Å². The van der Waals surface area contributed by atoms with Gasteiger partial charge in [0.05, 0.1) is 31.3 Å². The van der Waals surface area contributed by atoms with E-state index < -0.39 is 6.10 Å². The first kappa shape index (κ1) is 17.6. The standard InChI is InChI=1S/C21H25NO3/c1-16(17-8-4-2-5-9-17)21(24)22-12-13-25-15-19(22)14-20(23)18-10-6-3-7-11-18/h2-11,16,19-20,23H,12-15H2,1H3/t16-,19+,20+/m1/s1. The lowest BCUT2D eigenvalue weighted by molar-refractivity contribution is -0.142. The third kappa shape index (κ3) is 4.27. The van der Waals surface area contributed by atoms with Gasteiger partial charge in [0.25, 0.3) is 0 Å². The molecule has 0 spiro atoms. The van der Waals surface area contributed by atoms with Crippen LogP contribution in [-0.2, 0) is 9.53 Å². The molecule has 0 radical (unpaired) electrons. The zero-order chi connectivity index (χ0) is 17.6. The first-order chi connectivity index (χ1) is 12.2. The molecule has 1 amide bonds. The number of morpholine rings is 1. The molecule has 0 aromatic heterocycles. The van der Waals surface area contributed by atoms with Crippen molar-refractivity contribution in [1.82, 2.24) is 4.90 Å². The van der Waals surface area contributed by atoms with Gasteiger partial charge in [0.1, 0.15) is 0 Å². The predicted molar refractivity (Wildman–Crippen MR) is 97.2 cm³/mol. The van der Waals surface area contributed by atoms with E-state index in [0.717, 1.165) is 11.1 Å². The van der Waals surface area contributed by atoms with Crippen LogP contribution in [0.2, 0.25) is 0 Å². The van der Waals surface area contributed by atoms with Crippen molar-refractivity contribution in [2.75, 3.05) is 19.8 Å². The van der Waals surface area contributed by atoms with E-state index in [-0.39, 0.29) is 17.9 Å². The second-order valence-corrected chi connectivity index (χ2v) is 6.55. The number of hydrogen-bond donors (Lipinski definition) is 1. The Bertz CT molecular complexity index is 674. The van der Waals surface area contributed by atoms with E-state index in [1.54, 1.807) is 0 Å². The SMILES string of the molecule is C[C@@H](C(=O)N1CCOC[C@@H]1C[C@H](O)c1ccccc1)c1ccccc1. The highest BCUT2D eigenvalue weighted by Gasteiger charge is 2.32. The van der Waals surface area contributed by atoms with Crippen molar-refractivity contribution in [3.05, 3.63) is 71.8 Å². The lowest BCUT2D eigenvalue weighted by Gasteiger charge is -2.38. The van der Waals surface area contributed by atoms with Gasteiger partial charge in [-0.3, -0.25) is 4.79 Å². The van der Waals surface area contributed by atoms with Crippen LogP contribution >= 0.6 is 0 Å². The van der Waals surface area contributed by atoms with Gasteiger partial charge in [-0.05, 0) is 18.1 Å². The first-order valence-electron chi connectivity index (χ1n) is 8.83. The topological polar surface area (TPSA) is 49.8 Å². The third-order valence-corrected chi connectivity index (χ3v) is 4.86. The highest BCUT2D eigenvalue weighted by molar-refractivity contribution is 5.83. The van der Waals surface area contributed by atoms with Crippen LogP contribution in [0.4, 0.5) is 0 Å². The van der Waals surface area contributed by atoms with Crippen molar-refractivity contribution >= 4 is 5.91 Å². The summed E-state index contributed by atoms with van der Waals surface area (Å²) >= 11 is 0. The molecule has 0 bridgehead atoms. The average molecular weight is 339 g/mol. The highest BCUT2D eigenvalue weighted by atomic mass is 16.5. The van der Waals surface area contributed by atoms with Gasteiger partial charge in [0, 0.05) is 13.0 Å². The van der Waals surface area contributed by atoms with Crippen molar-refractivity contribution in [3.63, 3.8) is 0 Å². The predicted octanol–water partition coefficient (Wildman–Crippen LogP) is 3.14. The smallest absolute Gasteiger partial charge is 0.230 e. The molecule has 3 rings (SSSR count). The maximum absolute atomic E-state index is 13.0. The van der Waals surface area contributed by atoms with Gasteiger partial charge in [-0.25, -0.2) is 0 Å². The van der Waals surface area contributed by atoms with E-state index in [4.69, 9.17) is 4.74 Å². The molecule has 0 aliphatic carbocycles. The molecule has 0 saturated carbocycles. The number of aliphatic hydroxyl groups is 1. The third-order valence-electron chi connectivity index (χ3n) is 4.86. The number of aliphatic hydroxyl groups excluding tert-OH is 1. The first-order valence-corrected chi connectivity index (χ1v) is 8.83. The molecule has 1 aliphatic rings. The zero-order valence-electron chi connectivity index (χ0n) is 14.5. The minimum absolute atomic E-state index is 0.0970. The molecule has 25 heavy (non-hydrogen) atoms.